The third-order valence-corrected chi connectivity index (χ3v) is 6.64. The summed E-state index contributed by atoms with van der Waals surface area (Å²) < 4.78 is 0. The molecule has 1 aliphatic rings. The Morgan fingerprint density at radius 1 is 0.914 bits per heavy atom. The molecule has 0 bridgehead atoms. The van der Waals surface area contributed by atoms with Gasteiger partial charge in [-0.05, 0) is 66.4 Å². The number of likely N-dealkylation sites (N-methyl/N-ethyl adjacent to an activating group) is 1. The summed E-state index contributed by atoms with van der Waals surface area (Å²) in [6, 6.07) is 26.6. The molecule has 3 N–H and O–H groups in total. The van der Waals surface area contributed by atoms with Crippen molar-refractivity contribution in [2.45, 2.75) is 25.9 Å². The predicted molar refractivity (Wildman–Crippen MR) is 140 cm³/mol. The van der Waals surface area contributed by atoms with E-state index in [1.807, 2.05) is 48.5 Å². The minimum Gasteiger partial charge on any atom is -0.340 e. The van der Waals surface area contributed by atoms with Crippen LogP contribution in [-0.2, 0) is 22.7 Å². The molecule has 1 saturated heterocycles. The molecular weight excluding hydrogens is 436 g/mol. The van der Waals surface area contributed by atoms with E-state index in [0.717, 1.165) is 54.9 Å². The number of carbonyl (C=O) groups is 2. The van der Waals surface area contributed by atoms with Gasteiger partial charge >= 0.3 is 0 Å². The molecule has 35 heavy (non-hydrogen) atoms. The van der Waals surface area contributed by atoms with Gasteiger partial charge in [0, 0.05) is 31.7 Å². The van der Waals surface area contributed by atoms with Crippen LogP contribution < -0.4 is 11.1 Å². The maximum absolute atomic E-state index is 12.8. The largest absolute Gasteiger partial charge is 0.340 e. The molecule has 0 atom stereocenters. The van der Waals surface area contributed by atoms with Crippen LogP contribution in [0.15, 0.2) is 78.9 Å². The first-order valence-electron chi connectivity index (χ1n) is 12.2. The molecule has 1 fully saturated rings. The van der Waals surface area contributed by atoms with Gasteiger partial charge in [0.05, 0.1) is 6.54 Å². The van der Waals surface area contributed by atoms with Crippen molar-refractivity contribution >= 4 is 17.5 Å². The summed E-state index contributed by atoms with van der Waals surface area (Å²) in [4.78, 5) is 28.7. The van der Waals surface area contributed by atoms with Crippen LogP contribution in [0.1, 0.15) is 24.0 Å². The quantitative estimate of drug-likeness (QED) is 0.519. The maximum Gasteiger partial charge on any atom is 0.236 e. The summed E-state index contributed by atoms with van der Waals surface area (Å²) in [6.45, 7) is 3.35. The number of nitrogens with zero attached hydrogens (tertiary/aromatic N) is 2. The van der Waals surface area contributed by atoms with Crippen LogP contribution in [0, 0.1) is 5.92 Å². The lowest BCUT2D eigenvalue weighted by Crippen LogP contribution is -2.37. The van der Waals surface area contributed by atoms with E-state index in [9.17, 15) is 9.59 Å². The smallest absolute Gasteiger partial charge is 0.236 e. The molecule has 6 heteroatoms. The van der Waals surface area contributed by atoms with Crippen LogP contribution in [0.4, 0.5) is 5.69 Å². The summed E-state index contributed by atoms with van der Waals surface area (Å²) in [5, 5.41) is 3.10. The molecule has 0 aromatic heterocycles. The average molecular weight is 471 g/mol. The summed E-state index contributed by atoms with van der Waals surface area (Å²) in [6.07, 6.45) is 1.76. The molecule has 6 nitrogen and oxygen atoms in total. The second-order valence-electron chi connectivity index (χ2n) is 9.26. The van der Waals surface area contributed by atoms with E-state index in [1.165, 1.54) is 5.56 Å². The van der Waals surface area contributed by atoms with Gasteiger partial charge in [-0.25, -0.2) is 0 Å². The van der Waals surface area contributed by atoms with Crippen molar-refractivity contribution in [2.75, 3.05) is 32.0 Å². The zero-order valence-electron chi connectivity index (χ0n) is 20.3. The number of anilines is 1. The second kappa shape index (κ2) is 11.8. The van der Waals surface area contributed by atoms with Crippen molar-refractivity contribution in [3.05, 3.63) is 90.0 Å². The average Bonchev–Trinajstić information content (AvgIpc) is 2.89. The zero-order chi connectivity index (χ0) is 24.6. The van der Waals surface area contributed by atoms with E-state index in [-0.39, 0.29) is 24.3 Å². The highest BCUT2D eigenvalue weighted by molar-refractivity contribution is 5.92. The number of hydrogen-bond acceptors (Lipinski definition) is 4. The van der Waals surface area contributed by atoms with E-state index in [0.29, 0.717) is 6.54 Å². The SMILES string of the molecule is CN(Cc1cccc(-c2ccc(NC(=O)C3CCN(Cc4ccccc4)CC3)cc2)c1)C(=O)CN. The van der Waals surface area contributed by atoms with Crippen molar-refractivity contribution in [3.63, 3.8) is 0 Å². The van der Waals surface area contributed by atoms with Crippen LogP contribution in [0.5, 0.6) is 0 Å². The molecule has 0 saturated carbocycles. The molecule has 0 aliphatic carbocycles. The Kier molecular flexibility index (Phi) is 8.29. The number of benzene rings is 3. The van der Waals surface area contributed by atoms with Crippen molar-refractivity contribution in [3.8, 4) is 11.1 Å². The maximum atomic E-state index is 12.8. The Morgan fingerprint density at radius 2 is 1.60 bits per heavy atom. The van der Waals surface area contributed by atoms with Crippen LogP contribution in [0.2, 0.25) is 0 Å². The number of amides is 2. The molecule has 0 unspecified atom stereocenters. The number of nitrogens with two attached hydrogens (primary N) is 1. The summed E-state index contributed by atoms with van der Waals surface area (Å²) in [7, 11) is 1.76. The number of carbonyl (C=O) groups excluding carboxylic acids is 2. The number of likely N-dealkylation sites (tertiary alicyclic amines) is 1. The topological polar surface area (TPSA) is 78.7 Å². The third kappa shape index (κ3) is 6.78. The van der Waals surface area contributed by atoms with E-state index < -0.39 is 0 Å². The summed E-state index contributed by atoms with van der Waals surface area (Å²) in [5.74, 6) is 0.0654. The molecule has 0 spiro atoms. The summed E-state index contributed by atoms with van der Waals surface area (Å²) >= 11 is 0. The van der Waals surface area contributed by atoms with Gasteiger partial charge in [-0.1, -0.05) is 60.7 Å². The Hall–Kier alpha value is -3.48. The molecule has 2 amide bonds. The Labute approximate surface area is 207 Å². The standard InChI is InChI=1S/C29H34N4O2/c1-32(28(34)19-30)20-23-8-5-9-26(18-23)24-10-12-27(13-11-24)31-29(35)25-14-16-33(17-15-25)21-22-6-3-2-4-7-22/h2-13,18,25H,14-17,19-21,30H2,1H3,(H,31,35). The van der Waals surface area contributed by atoms with Gasteiger partial charge in [-0.15, -0.1) is 0 Å². The van der Waals surface area contributed by atoms with Crippen molar-refractivity contribution < 1.29 is 9.59 Å². The lowest BCUT2D eigenvalue weighted by molar-refractivity contribution is -0.128. The molecule has 4 rings (SSSR count). The van der Waals surface area contributed by atoms with Gasteiger partial charge in [0.25, 0.3) is 0 Å². The van der Waals surface area contributed by atoms with Gasteiger partial charge in [0.1, 0.15) is 0 Å². The number of hydrogen-bond donors (Lipinski definition) is 2. The highest BCUT2D eigenvalue weighted by atomic mass is 16.2. The first-order chi connectivity index (χ1) is 17.0. The van der Waals surface area contributed by atoms with E-state index in [1.54, 1.807) is 11.9 Å². The van der Waals surface area contributed by atoms with Crippen molar-refractivity contribution in [1.82, 2.24) is 9.80 Å². The Bertz CT molecular complexity index is 1120. The zero-order valence-corrected chi connectivity index (χ0v) is 20.3. The van der Waals surface area contributed by atoms with Gasteiger partial charge in [0.2, 0.25) is 11.8 Å². The fraction of sp³-hybridized carbons (Fsp3) is 0.310. The number of piperidine rings is 1. The minimum atomic E-state index is -0.0858. The second-order valence-corrected chi connectivity index (χ2v) is 9.26. The molecule has 1 aliphatic heterocycles. The lowest BCUT2D eigenvalue weighted by atomic mass is 9.95. The highest BCUT2D eigenvalue weighted by Crippen LogP contribution is 2.25. The first kappa shape index (κ1) is 24.6. The fourth-order valence-electron chi connectivity index (χ4n) is 4.55. The molecule has 3 aromatic carbocycles. The third-order valence-electron chi connectivity index (χ3n) is 6.64. The monoisotopic (exact) mass is 470 g/mol. The van der Waals surface area contributed by atoms with Gasteiger partial charge in [-0.2, -0.15) is 0 Å². The molecule has 3 aromatic rings. The predicted octanol–water partition coefficient (Wildman–Crippen LogP) is 4.12. The molecule has 182 valence electrons. The summed E-state index contributed by atoms with van der Waals surface area (Å²) in [5.41, 5.74) is 10.8. The lowest BCUT2D eigenvalue weighted by Gasteiger charge is -2.31. The van der Waals surface area contributed by atoms with E-state index in [2.05, 4.69) is 40.5 Å². The van der Waals surface area contributed by atoms with Gasteiger partial charge in [-0.3, -0.25) is 14.5 Å². The number of nitrogens with one attached hydrogen (secondary N) is 1. The Morgan fingerprint density at radius 3 is 2.29 bits per heavy atom. The Balaban J connectivity index is 1.30. The van der Waals surface area contributed by atoms with Crippen molar-refractivity contribution in [2.24, 2.45) is 11.7 Å². The van der Waals surface area contributed by atoms with Gasteiger partial charge < -0.3 is 16.0 Å². The van der Waals surface area contributed by atoms with Crippen LogP contribution in [0.3, 0.4) is 0 Å². The van der Waals surface area contributed by atoms with Crippen LogP contribution >= 0.6 is 0 Å². The highest BCUT2D eigenvalue weighted by Gasteiger charge is 2.25. The van der Waals surface area contributed by atoms with Crippen LogP contribution in [0.25, 0.3) is 11.1 Å². The molecular formula is C29H34N4O2. The number of rotatable bonds is 8. The normalized spacial score (nSPS) is 14.5. The van der Waals surface area contributed by atoms with Crippen molar-refractivity contribution in [1.29, 1.82) is 0 Å². The van der Waals surface area contributed by atoms with E-state index in [4.69, 9.17) is 5.73 Å². The molecule has 0 radical (unpaired) electrons. The molecule has 1 heterocycles. The fourth-order valence-corrected chi connectivity index (χ4v) is 4.55. The first-order valence-corrected chi connectivity index (χ1v) is 12.2. The minimum absolute atomic E-state index is 0.0101. The van der Waals surface area contributed by atoms with Gasteiger partial charge in [0.15, 0.2) is 0 Å². The van der Waals surface area contributed by atoms with E-state index >= 15 is 0 Å². The van der Waals surface area contributed by atoms with Crippen LogP contribution in [-0.4, -0.2) is 48.3 Å².